The Bertz CT molecular complexity index is 775. The minimum atomic E-state index is 0.949. The van der Waals surface area contributed by atoms with E-state index in [0.29, 0.717) is 0 Å². The first-order chi connectivity index (χ1) is 17.3. The van der Waals surface area contributed by atoms with Gasteiger partial charge in [0, 0.05) is 11.8 Å². The summed E-state index contributed by atoms with van der Waals surface area (Å²) in [5.41, 5.74) is 5.24. The summed E-state index contributed by atoms with van der Waals surface area (Å²) in [5, 5.41) is 0. The van der Waals surface area contributed by atoms with Gasteiger partial charge in [0.1, 0.15) is 0 Å². The summed E-state index contributed by atoms with van der Waals surface area (Å²) in [6.07, 6.45) is 28.5. The van der Waals surface area contributed by atoms with Crippen molar-refractivity contribution in [2.75, 3.05) is 0 Å². The first-order valence-electron chi connectivity index (χ1n) is 15.3. The molecule has 0 spiro atoms. The van der Waals surface area contributed by atoms with Gasteiger partial charge in [-0.15, -0.1) is 0 Å². The van der Waals surface area contributed by atoms with Gasteiger partial charge in [0.15, 0.2) is 0 Å². The Kier molecular flexibility index (Phi) is 13.5. The zero-order chi connectivity index (χ0) is 24.6. The summed E-state index contributed by atoms with van der Waals surface area (Å²) >= 11 is 0. The van der Waals surface area contributed by atoms with E-state index < -0.39 is 0 Å². The Hall–Kier alpha value is -1.63. The fourth-order valence-corrected chi connectivity index (χ4v) is 6.03. The number of aryl methyl sites for hydroxylation is 2. The van der Waals surface area contributed by atoms with Crippen molar-refractivity contribution < 1.29 is 0 Å². The third kappa shape index (κ3) is 10.9. The van der Waals surface area contributed by atoms with Crippen molar-refractivity contribution in [2.45, 2.75) is 136 Å². The maximum Gasteiger partial charge on any atom is 0.0702 e. The molecule has 0 saturated heterocycles. The minimum Gasteiger partial charge on any atom is -0.256 e. The monoisotopic (exact) mass is 475 g/mol. The van der Waals surface area contributed by atoms with Crippen LogP contribution in [0.25, 0.3) is 11.3 Å². The zero-order valence-electron chi connectivity index (χ0n) is 23.1. The molecule has 1 aromatic carbocycles. The molecule has 2 aromatic rings. The standard InChI is InChI=1S/C34H53N/c1-3-5-7-9-11-13-16-32-23-26-34(35-28-32)33-24-21-29(22-25-33)19-20-31-18-14-17-30(27-31)15-12-10-8-6-4-2/h21-26,28,30-31H,3-20,27H2,1-2H3. The number of unbranched alkanes of at least 4 members (excludes halogenated alkanes) is 9. The largest absolute Gasteiger partial charge is 0.256 e. The number of nitrogens with zero attached hydrogens (tertiary/aromatic N) is 1. The average molecular weight is 476 g/mol. The normalized spacial score (nSPS) is 18.1. The molecule has 0 N–H and O–H groups in total. The van der Waals surface area contributed by atoms with E-state index in [1.165, 1.54) is 139 Å². The fraction of sp³-hybridized carbons (Fsp3) is 0.676. The first kappa shape index (κ1) is 27.9. The topological polar surface area (TPSA) is 12.9 Å². The molecular formula is C34H53N. The molecule has 2 atom stereocenters. The Labute approximate surface area is 217 Å². The van der Waals surface area contributed by atoms with Crippen LogP contribution in [0.15, 0.2) is 42.6 Å². The van der Waals surface area contributed by atoms with E-state index in [1.54, 1.807) is 0 Å². The second-order valence-corrected chi connectivity index (χ2v) is 11.4. The van der Waals surface area contributed by atoms with Crippen molar-refractivity contribution in [1.29, 1.82) is 0 Å². The Morgan fingerprint density at radius 1 is 0.629 bits per heavy atom. The van der Waals surface area contributed by atoms with Crippen LogP contribution in [-0.4, -0.2) is 4.98 Å². The molecule has 1 aromatic heterocycles. The molecule has 1 saturated carbocycles. The van der Waals surface area contributed by atoms with Crippen molar-refractivity contribution in [1.82, 2.24) is 4.98 Å². The lowest BCUT2D eigenvalue weighted by Gasteiger charge is -2.29. The van der Waals surface area contributed by atoms with E-state index in [9.17, 15) is 0 Å². The van der Waals surface area contributed by atoms with Gasteiger partial charge in [-0.25, -0.2) is 0 Å². The van der Waals surface area contributed by atoms with Gasteiger partial charge in [-0.2, -0.15) is 0 Å². The van der Waals surface area contributed by atoms with Gasteiger partial charge in [0.25, 0.3) is 0 Å². The maximum atomic E-state index is 4.78. The number of hydrogen-bond acceptors (Lipinski definition) is 1. The Morgan fingerprint density at radius 3 is 1.94 bits per heavy atom. The van der Waals surface area contributed by atoms with E-state index in [2.05, 4.69) is 56.4 Å². The molecule has 1 nitrogen and oxygen atoms in total. The summed E-state index contributed by atoms with van der Waals surface area (Å²) in [7, 11) is 0. The van der Waals surface area contributed by atoms with Crippen LogP contribution in [0.2, 0.25) is 0 Å². The van der Waals surface area contributed by atoms with E-state index in [-0.39, 0.29) is 0 Å². The summed E-state index contributed by atoms with van der Waals surface area (Å²) in [6, 6.07) is 13.7. The predicted octanol–water partition coefficient (Wildman–Crippen LogP) is 10.8. The molecule has 0 bridgehead atoms. The van der Waals surface area contributed by atoms with Gasteiger partial charge in [-0.05, 0) is 61.1 Å². The van der Waals surface area contributed by atoms with E-state index in [0.717, 1.165) is 17.5 Å². The fourth-order valence-electron chi connectivity index (χ4n) is 6.03. The van der Waals surface area contributed by atoms with Crippen LogP contribution in [0.4, 0.5) is 0 Å². The molecule has 1 aliphatic carbocycles. The number of benzene rings is 1. The van der Waals surface area contributed by atoms with Crippen LogP contribution in [0.5, 0.6) is 0 Å². The molecule has 0 radical (unpaired) electrons. The van der Waals surface area contributed by atoms with Crippen LogP contribution in [0, 0.1) is 11.8 Å². The van der Waals surface area contributed by atoms with Crippen molar-refractivity contribution in [2.24, 2.45) is 11.8 Å². The molecule has 1 aliphatic rings. The van der Waals surface area contributed by atoms with Crippen molar-refractivity contribution >= 4 is 0 Å². The molecule has 194 valence electrons. The summed E-state index contributed by atoms with van der Waals surface area (Å²) in [6.45, 7) is 4.59. The molecule has 3 rings (SSSR count). The van der Waals surface area contributed by atoms with Gasteiger partial charge >= 0.3 is 0 Å². The van der Waals surface area contributed by atoms with E-state index >= 15 is 0 Å². The molecule has 35 heavy (non-hydrogen) atoms. The van der Waals surface area contributed by atoms with Crippen LogP contribution < -0.4 is 0 Å². The highest BCUT2D eigenvalue weighted by molar-refractivity contribution is 5.59. The maximum absolute atomic E-state index is 4.78. The van der Waals surface area contributed by atoms with E-state index in [4.69, 9.17) is 4.98 Å². The summed E-state index contributed by atoms with van der Waals surface area (Å²) in [4.78, 5) is 4.78. The van der Waals surface area contributed by atoms with Gasteiger partial charge in [-0.1, -0.05) is 134 Å². The van der Waals surface area contributed by atoms with Gasteiger partial charge in [0.2, 0.25) is 0 Å². The number of aromatic nitrogens is 1. The molecular weight excluding hydrogens is 422 g/mol. The molecule has 1 fully saturated rings. The highest BCUT2D eigenvalue weighted by Crippen LogP contribution is 2.35. The van der Waals surface area contributed by atoms with Crippen molar-refractivity contribution in [3.63, 3.8) is 0 Å². The average Bonchev–Trinajstić information content (AvgIpc) is 2.90. The van der Waals surface area contributed by atoms with Gasteiger partial charge in [0.05, 0.1) is 5.69 Å². The molecule has 2 unspecified atom stereocenters. The lowest BCUT2D eigenvalue weighted by atomic mass is 9.77. The third-order valence-electron chi connectivity index (χ3n) is 8.34. The van der Waals surface area contributed by atoms with E-state index in [1.807, 2.05) is 0 Å². The minimum absolute atomic E-state index is 0.949. The lowest BCUT2D eigenvalue weighted by Crippen LogP contribution is -2.16. The van der Waals surface area contributed by atoms with Crippen LogP contribution in [0.1, 0.15) is 134 Å². The number of rotatable bonds is 17. The van der Waals surface area contributed by atoms with Gasteiger partial charge < -0.3 is 0 Å². The molecule has 1 heterocycles. The number of pyridine rings is 1. The smallest absolute Gasteiger partial charge is 0.0702 e. The molecule has 0 amide bonds. The van der Waals surface area contributed by atoms with Crippen molar-refractivity contribution in [3.8, 4) is 11.3 Å². The van der Waals surface area contributed by atoms with Gasteiger partial charge in [-0.3, -0.25) is 4.98 Å². The summed E-state index contributed by atoms with van der Waals surface area (Å²) < 4.78 is 0. The Balaban J connectivity index is 1.36. The third-order valence-corrected chi connectivity index (χ3v) is 8.34. The van der Waals surface area contributed by atoms with Crippen LogP contribution in [0.3, 0.4) is 0 Å². The highest BCUT2D eigenvalue weighted by atomic mass is 14.7. The number of hydrogen-bond donors (Lipinski definition) is 0. The summed E-state index contributed by atoms with van der Waals surface area (Å²) in [5.74, 6) is 1.96. The first-order valence-corrected chi connectivity index (χ1v) is 15.3. The zero-order valence-corrected chi connectivity index (χ0v) is 23.1. The second kappa shape index (κ2) is 16.9. The SMILES string of the molecule is CCCCCCCCc1ccc(-c2ccc(CCC3CCCC(CCCCCCC)C3)cc2)nc1. The molecule has 0 aliphatic heterocycles. The quantitative estimate of drug-likeness (QED) is 0.207. The van der Waals surface area contributed by atoms with Crippen molar-refractivity contribution in [3.05, 3.63) is 53.7 Å². The predicted molar refractivity (Wildman–Crippen MR) is 154 cm³/mol. The lowest BCUT2D eigenvalue weighted by molar-refractivity contribution is 0.239. The van der Waals surface area contributed by atoms with Crippen LogP contribution in [-0.2, 0) is 12.8 Å². The highest BCUT2D eigenvalue weighted by Gasteiger charge is 2.21. The molecule has 1 heteroatoms. The Morgan fingerprint density at radius 2 is 1.26 bits per heavy atom. The second-order valence-electron chi connectivity index (χ2n) is 11.4. The van der Waals surface area contributed by atoms with Crippen LogP contribution >= 0.6 is 0 Å².